The number of esters is 1. The fourth-order valence-electron chi connectivity index (χ4n) is 2.50. The van der Waals surface area contributed by atoms with E-state index >= 15 is 0 Å². The SMILES string of the molecule is COC(=O)c1c(N)c(C(=O)c2ccccc2)n2ccccc12. The van der Waals surface area contributed by atoms with Crippen molar-refractivity contribution >= 4 is 23.0 Å². The first-order chi connectivity index (χ1) is 10.6. The molecule has 0 unspecified atom stereocenters. The molecule has 0 atom stereocenters. The van der Waals surface area contributed by atoms with Crippen LogP contribution >= 0.6 is 0 Å². The largest absolute Gasteiger partial charge is 0.465 e. The number of carbonyl (C=O) groups excluding carboxylic acids is 2. The highest BCUT2D eigenvalue weighted by Gasteiger charge is 2.26. The summed E-state index contributed by atoms with van der Waals surface area (Å²) in [6.07, 6.45) is 1.70. The maximum atomic E-state index is 12.8. The van der Waals surface area contributed by atoms with E-state index in [1.165, 1.54) is 7.11 Å². The summed E-state index contributed by atoms with van der Waals surface area (Å²) in [6, 6.07) is 14.1. The maximum absolute atomic E-state index is 12.8. The van der Waals surface area contributed by atoms with Gasteiger partial charge in [-0.3, -0.25) is 4.79 Å². The van der Waals surface area contributed by atoms with Crippen LogP contribution in [0.1, 0.15) is 26.4 Å². The first-order valence-electron chi connectivity index (χ1n) is 6.71. The molecule has 0 aliphatic rings. The molecule has 3 rings (SSSR count). The van der Waals surface area contributed by atoms with E-state index in [0.29, 0.717) is 11.1 Å². The second-order valence-corrected chi connectivity index (χ2v) is 4.78. The predicted molar refractivity (Wildman–Crippen MR) is 83.0 cm³/mol. The molecule has 1 aromatic carbocycles. The Morgan fingerprint density at radius 2 is 1.73 bits per heavy atom. The summed E-state index contributed by atoms with van der Waals surface area (Å²) < 4.78 is 6.40. The molecule has 0 bridgehead atoms. The molecular weight excluding hydrogens is 280 g/mol. The van der Waals surface area contributed by atoms with Crippen LogP contribution in [0.4, 0.5) is 5.69 Å². The monoisotopic (exact) mass is 294 g/mol. The number of rotatable bonds is 3. The van der Waals surface area contributed by atoms with Gasteiger partial charge in [-0.05, 0) is 12.1 Å². The third kappa shape index (κ3) is 2.03. The van der Waals surface area contributed by atoms with Crippen molar-refractivity contribution in [1.29, 1.82) is 0 Å². The number of benzene rings is 1. The van der Waals surface area contributed by atoms with Gasteiger partial charge in [0.15, 0.2) is 0 Å². The van der Waals surface area contributed by atoms with Gasteiger partial charge in [0.25, 0.3) is 0 Å². The smallest absolute Gasteiger partial charge is 0.342 e. The molecule has 0 amide bonds. The number of nitrogens with two attached hydrogens (primary N) is 1. The van der Waals surface area contributed by atoms with E-state index in [1.807, 2.05) is 6.07 Å². The van der Waals surface area contributed by atoms with E-state index in [0.717, 1.165) is 0 Å². The molecule has 22 heavy (non-hydrogen) atoms. The zero-order valence-corrected chi connectivity index (χ0v) is 11.9. The summed E-state index contributed by atoms with van der Waals surface area (Å²) in [5.74, 6) is -0.803. The van der Waals surface area contributed by atoms with Gasteiger partial charge in [0.1, 0.15) is 11.3 Å². The summed E-state index contributed by atoms with van der Waals surface area (Å²) in [4.78, 5) is 24.7. The molecule has 0 saturated heterocycles. The van der Waals surface area contributed by atoms with E-state index in [9.17, 15) is 9.59 Å². The van der Waals surface area contributed by atoms with Crippen molar-refractivity contribution in [2.24, 2.45) is 0 Å². The summed E-state index contributed by atoms with van der Waals surface area (Å²) >= 11 is 0. The molecule has 0 spiro atoms. The number of aromatic nitrogens is 1. The lowest BCUT2D eigenvalue weighted by molar-refractivity contribution is 0.0604. The Morgan fingerprint density at radius 3 is 2.41 bits per heavy atom. The first-order valence-corrected chi connectivity index (χ1v) is 6.71. The van der Waals surface area contributed by atoms with Gasteiger partial charge in [0, 0.05) is 11.8 Å². The molecule has 110 valence electrons. The second-order valence-electron chi connectivity index (χ2n) is 4.78. The van der Waals surface area contributed by atoms with Crippen LogP contribution in [0.5, 0.6) is 0 Å². The first kappa shape index (κ1) is 13.9. The third-order valence-electron chi connectivity index (χ3n) is 3.52. The van der Waals surface area contributed by atoms with Crippen LogP contribution in [-0.4, -0.2) is 23.3 Å². The van der Waals surface area contributed by atoms with Crippen molar-refractivity contribution in [1.82, 2.24) is 4.40 Å². The number of nitrogen functional groups attached to an aromatic ring is 1. The van der Waals surface area contributed by atoms with Gasteiger partial charge in [-0.1, -0.05) is 36.4 Å². The van der Waals surface area contributed by atoms with Crippen LogP contribution in [-0.2, 0) is 4.74 Å². The highest BCUT2D eigenvalue weighted by molar-refractivity contribution is 6.16. The average molecular weight is 294 g/mol. The van der Waals surface area contributed by atoms with Crippen LogP contribution in [0, 0.1) is 0 Å². The third-order valence-corrected chi connectivity index (χ3v) is 3.52. The molecule has 5 heteroatoms. The van der Waals surface area contributed by atoms with E-state index < -0.39 is 5.97 Å². The van der Waals surface area contributed by atoms with E-state index in [4.69, 9.17) is 10.5 Å². The van der Waals surface area contributed by atoms with Gasteiger partial charge in [-0.25, -0.2) is 4.79 Å². The number of pyridine rings is 1. The van der Waals surface area contributed by atoms with Gasteiger partial charge >= 0.3 is 5.97 Å². The Kier molecular flexibility index (Phi) is 3.39. The minimum Gasteiger partial charge on any atom is -0.465 e. The number of anilines is 1. The summed E-state index contributed by atoms with van der Waals surface area (Å²) in [5, 5.41) is 0. The van der Waals surface area contributed by atoms with Crippen molar-refractivity contribution in [3.05, 3.63) is 71.5 Å². The molecule has 5 nitrogen and oxygen atoms in total. The van der Waals surface area contributed by atoms with E-state index in [1.54, 1.807) is 53.1 Å². The normalized spacial score (nSPS) is 10.6. The van der Waals surface area contributed by atoms with Crippen LogP contribution in [0.2, 0.25) is 0 Å². The highest BCUT2D eigenvalue weighted by atomic mass is 16.5. The fraction of sp³-hybridized carbons (Fsp3) is 0.0588. The Balaban J connectivity index is 2.29. The summed E-state index contributed by atoms with van der Waals surface area (Å²) in [6.45, 7) is 0. The Morgan fingerprint density at radius 1 is 1.05 bits per heavy atom. The number of ketones is 1. The van der Waals surface area contributed by atoms with E-state index in [2.05, 4.69) is 0 Å². The highest BCUT2D eigenvalue weighted by Crippen LogP contribution is 2.28. The van der Waals surface area contributed by atoms with Gasteiger partial charge in [-0.15, -0.1) is 0 Å². The number of ether oxygens (including phenoxy) is 1. The van der Waals surface area contributed by atoms with Crippen LogP contribution < -0.4 is 5.73 Å². The number of hydrogen-bond donors (Lipinski definition) is 1. The molecular formula is C17H14N2O3. The van der Waals surface area contributed by atoms with Crippen LogP contribution in [0.25, 0.3) is 5.52 Å². The standard InChI is InChI=1S/C17H14N2O3/c1-22-17(21)13-12-9-5-6-10-19(12)15(14(13)18)16(20)11-7-3-2-4-8-11/h2-10H,18H2,1H3. The number of hydrogen-bond acceptors (Lipinski definition) is 4. The Labute approximate surface area is 126 Å². The van der Waals surface area contributed by atoms with E-state index in [-0.39, 0.29) is 22.7 Å². The van der Waals surface area contributed by atoms with Crippen molar-refractivity contribution < 1.29 is 14.3 Å². The fourth-order valence-corrected chi connectivity index (χ4v) is 2.50. The lowest BCUT2D eigenvalue weighted by Crippen LogP contribution is -2.09. The molecule has 2 N–H and O–H groups in total. The predicted octanol–water partition coefficient (Wildman–Crippen LogP) is 2.54. The van der Waals surface area contributed by atoms with Crippen LogP contribution in [0.15, 0.2) is 54.7 Å². The molecule has 2 heterocycles. The number of fused-ring (bicyclic) bond motifs is 1. The molecule has 0 fully saturated rings. The number of nitrogens with zero attached hydrogens (tertiary/aromatic N) is 1. The maximum Gasteiger partial charge on any atom is 0.342 e. The van der Waals surface area contributed by atoms with Crippen molar-refractivity contribution in [3.63, 3.8) is 0 Å². The molecule has 0 radical (unpaired) electrons. The quantitative estimate of drug-likeness (QED) is 0.595. The number of carbonyl (C=O) groups is 2. The van der Waals surface area contributed by atoms with Gasteiger partial charge in [-0.2, -0.15) is 0 Å². The van der Waals surface area contributed by atoms with Crippen molar-refractivity contribution in [2.75, 3.05) is 12.8 Å². The second kappa shape index (κ2) is 5.37. The van der Waals surface area contributed by atoms with Crippen molar-refractivity contribution in [3.8, 4) is 0 Å². The van der Waals surface area contributed by atoms with Gasteiger partial charge in [0.05, 0.1) is 18.3 Å². The van der Waals surface area contributed by atoms with Gasteiger partial charge in [0.2, 0.25) is 5.78 Å². The average Bonchev–Trinajstić information content (AvgIpc) is 2.86. The minimum atomic E-state index is -0.562. The van der Waals surface area contributed by atoms with Crippen LogP contribution in [0.3, 0.4) is 0 Å². The topological polar surface area (TPSA) is 73.8 Å². The summed E-state index contributed by atoms with van der Waals surface area (Å²) in [5.41, 5.74) is 7.75. The minimum absolute atomic E-state index is 0.131. The van der Waals surface area contributed by atoms with Crippen molar-refractivity contribution in [2.45, 2.75) is 0 Å². The Hall–Kier alpha value is -3.08. The molecule has 0 saturated carbocycles. The molecule has 0 aliphatic heterocycles. The number of methoxy groups -OCH3 is 1. The molecule has 2 aromatic heterocycles. The lowest BCUT2D eigenvalue weighted by atomic mass is 10.1. The molecule has 0 aliphatic carbocycles. The zero-order chi connectivity index (χ0) is 15.7. The Bertz CT molecular complexity index is 866. The molecule has 3 aromatic rings. The van der Waals surface area contributed by atoms with Gasteiger partial charge < -0.3 is 14.9 Å². The zero-order valence-electron chi connectivity index (χ0n) is 11.9. The lowest BCUT2D eigenvalue weighted by Gasteiger charge is -2.03. The summed E-state index contributed by atoms with van der Waals surface area (Å²) in [7, 11) is 1.28.